The molecule has 0 N–H and O–H groups in total. The lowest BCUT2D eigenvalue weighted by Crippen LogP contribution is -1.93. The van der Waals surface area contributed by atoms with Crippen molar-refractivity contribution < 1.29 is 0 Å². The first kappa shape index (κ1) is 11.7. The predicted octanol–water partition coefficient (Wildman–Crippen LogP) is 3.35. The van der Waals surface area contributed by atoms with Crippen LogP contribution in [0.25, 0.3) is 0 Å². The van der Waals surface area contributed by atoms with Crippen LogP contribution in [-0.2, 0) is 7.05 Å². The molecule has 0 unspecified atom stereocenters. The normalized spacial score (nSPS) is 10.8. The van der Waals surface area contributed by atoms with Gasteiger partial charge in [0.1, 0.15) is 10.1 Å². The Morgan fingerprint density at radius 2 is 2.06 bits per heavy atom. The minimum atomic E-state index is 1.01. The molecule has 0 atom stereocenters. The minimum absolute atomic E-state index is 1.01. The highest BCUT2D eigenvalue weighted by molar-refractivity contribution is 9.10. The Morgan fingerprint density at radius 1 is 1.31 bits per heavy atom. The van der Waals surface area contributed by atoms with E-state index >= 15 is 0 Å². The fourth-order valence-electron chi connectivity index (χ4n) is 1.42. The van der Waals surface area contributed by atoms with Crippen molar-refractivity contribution in [2.45, 2.75) is 23.9 Å². The van der Waals surface area contributed by atoms with Crippen LogP contribution in [0.3, 0.4) is 0 Å². The van der Waals surface area contributed by atoms with E-state index in [1.807, 2.05) is 24.9 Å². The van der Waals surface area contributed by atoms with E-state index in [4.69, 9.17) is 0 Å². The lowest BCUT2D eigenvalue weighted by molar-refractivity contribution is 0.692. The molecule has 5 heteroatoms. The van der Waals surface area contributed by atoms with Gasteiger partial charge in [-0.3, -0.25) is 4.68 Å². The summed E-state index contributed by atoms with van der Waals surface area (Å²) in [5, 5.41) is 6.44. The first-order valence-electron chi connectivity index (χ1n) is 4.87. The third kappa shape index (κ3) is 2.47. The molecule has 0 amide bonds. The summed E-state index contributed by atoms with van der Waals surface area (Å²) in [7, 11) is 1.95. The molecule has 84 valence electrons. The van der Waals surface area contributed by atoms with Crippen LogP contribution in [0.15, 0.2) is 32.9 Å². The van der Waals surface area contributed by atoms with Crippen molar-refractivity contribution in [3.05, 3.63) is 34.1 Å². The SMILES string of the molecule is Cc1cc(Sc2ncc(Br)cc2C)n(C)n1. The average molecular weight is 298 g/mol. The molecule has 0 radical (unpaired) electrons. The number of pyridine rings is 1. The maximum Gasteiger partial charge on any atom is 0.105 e. The molecule has 0 saturated carbocycles. The van der Waals surface area contributed by atoms with E-state index in [1.54, 1.807) is 11.8 Å². The molecular formula is C11H12BrN3S. The zero-order valence-corrected chi connectivity index (χ0v) is 11.8. The van der Waals surface area contributed by atoms with Gasteiger partial charge < -0.3 is 0 Å². The minimum Gasteiger partial charge on any atom is -0.261 e. The third-order valence-electron chi connectivity index (χ3n) is 2.16. The summed E-state index contributed by atoms with van der Waals surface area (Å²) in [5.74, 6) is 0. The van der Waals surface area contributed by atoms with E-state index in [-0.39, 0.29) is 0 Å². The zero-order chi connectivity index (χ0) is 11.7. The number of hydrogen-bond donors (Lipinski definition) is 0. The van der Waals surface area contributed by atoms with E-state index in [1.165, 1.54) is 5.56 Å². The fourth-order valence-corrected chi connectivity index (χ4v) is 2.79. The second-order valence-electron chi connectivity index (χ2n) is 3.63. The van der Waals surface area contributed by atoms with E-state index < -0.39 is 0 Å². The summed E-state index contributed by atoms with van der Waals surface area (Å²) >= 11 is 5.05. The highest BCUT2D eigenvalue weighted by Gasteiger charge is 2.07. The molecule has 2 rings (SSSR count). The molecule has 2 heterocycles. The van der Waals surface area contributed by atoms with Crippen LogP contribution in [0.2, 0.25) is 0 Å². The Labute approximate surface area is 107 Å². The second kappa shape index (κ2) is 4.59. The van der Waals surface area contributed by atoms with Crippen LogP contribution in [0.5, 0.6) is 0 Å². The van der Waals surface area contributed by atoms with Crippen LogP contribution in [-0.4, -0.2) is 14.8 Å². The molecule has 0 aliphatic rings. The van der Waals surface area contributed by atoms with Crippen LogP contribution < -0.4 is 0 Å². The van der Waals surface area contributed by atoms with Crippen molar-refractivity contribution in [3.8, 4) is 0 Å². The van der Waals surface area contributed by atoms with Crippen molar-refractivity contribution in [1.29, 1.82) is 0 Å². The number of hydrogen-bond acceptors (Lipinski definition) is 3. The first-order chi connectivity index (χ1) is 7.56. The van der Waals surface area contributed by atoms with Crippen LogP contribution >= 0.6 is 27.7 Å². The van der Waals surface area contributed by atoms with Crippen molar-refractivity contribution in [2.75, 3.05) is 0 Å². The van der Waals surface area contributed by atoms with Gasteiger partial charge in [-0.25, -0.2) is 4.98 Å². The lowest BCUT2D eigenvalue weighted by atomic mass is 10.3. The molecule has 0 fully saturated rings. The summed E-state index contributed by atoms with van der Waals surface area (Å²) in [6.45, 7) is 4.05. The molecule has 0 aromatic carbocycles. The Hall–Kier alpha value is -0.810. The van der Waals surface area contributed by atoms with E-state index in [0.29, 0.717) is 0 Å². The van der Waals surface area contributed by atoms with E-state index in [2.05, 4.69) is 45.1 Å². The fraction of sp³-hybridized carbons (Fsp3) is 0.273. The predicted molar refractivity (Wildman–Crippen MR) is 68.7 cm³/mol. The largest absolute Gasteiger partial charge is 0.261 e. The first-order valence-corrected chi connectivity index (χ1v) is 6.48. The number of nitrogens with zero attached hydrogens (tertiary/aromatic N) is 3. The Morgan fingerprint density at radius 3 is 2.62 bits per heavy atom. The highest BCUT2D eigenvalue weighted by Crippen LogP contribution is 2.29. The van der Waals surface area contributed by atoms with E-state index in [9.17, 15) is 0 Å². The third-order valence-corrected chi connectivity index (χ3v) is 3.80. The standard InChI is InChI=1S/C11H12BrN3S/c1-7-4-9(12)6-13-11(7)16-10-5-8(2)14-15(10)3/h4-6H,1-3H3. The summed E-state index contributed by atoms with van der Waals surface area (Å²) < 4.78 is 2.89. The van der Waals surface area contributed by atoms with Crippen molar-refractivity contribution in [1.82, 2.24) is 14.8 Å². The van der Waals surface area contributed by atoms with Gasteiger partial charge in [0, 0.05) is 17.7 Å². The smallest absolute Gasteiger partial charge is 0.105 e. The quantitative estimate of drug-likeness (QED) is 0.852. The van der Waals surface area contributed by atoms with Crippen LogP contribution in [0, 0.1) is 13.8 Å². The van der Waals surface area contributed by atoms with Gasteiger partial charge in [-0.15, -0.1) is 0 Å². The summed E-state index contributed by atoms with van der Waals surface area (Å²) in [6, 6.07) is 4.13. The van der Waals surface area contributed by atoms with Crippen LogP contribution in [0.4, 0.5) is 0 Å². The van der Waals surface area contributed by atoms with Gasteiger partial charge in [0.25, 0.3) is 0 Å². The maximum atomic E-state index is 4.40. The molecule has 16 heavy (non-hydrogen) atoms. The summed E-state index contributed by atoms with van der Waals surface area (Å²) in [6.07, 6.45) is 1.82. The average Bonchev–Trinajstić information content (AvgIpc) is 2.50. The topological polar surface area (TPSA) is 30.7 Å². The van der Waals surface area contributed by atoms with E-state index in [0.717, 1.165) is 20.2 Å². The lowest BCUT2D eigenvalue weighted by Gasteiger charge is -2.04. The molecular weight excluding hydrogens is 286 g/mol. The Bertz CT molecular complexity index is 522. The van der Waals surface area contributed by atoms with Gasteiger partial charge >= 0.3 is 0 Å². The maximum absolute atomic E-state index is 4.40. The van der Waals surface area contributed by atoms with Crippen molar-refractivity contribution in [2.24, 2.45) is 7.05 Å². The van der Waals surface area contributed by atoms with Gasteiger partial charge in [0.15, 0.2) is 0 Å². The molecule has 0 saturated heterocycles. The molecule has 0 aliphatic heterocycles. The monoisotopic (exact) mass is 297 g/mol. The molecule has 0 aliphatic carbocycles. The van der Waals surface area contributed by atoms with Gasteiger partial charge in [-0.2, -0.15) is 5.10 Å². The second-order valence-corrected chi connectivity index (χ2v) is 5.55. The molecule has 2 aromatic rings. The van der Waals surface area contributed by atoms with Crippen molar-refractivity contribution in [3.63, 3.8) is 0 Å². The summed E-state index contributed by atoms with van der Waals surface area (Å²) in [5.41, 5.74) is 2.19. The zero-order valence-electron chi connectivity index (χ0n) is 9.36. The molecule has 3 nitrogen and oxygen atoms in total. The van der Waals surface area contributed by atoms with Gasteiger partial charge in [-0.1, -0.05) is 11.8 Å². The van der Waals surface area contributed by atoms with Gasteiger partial charge in [0.2, 0.25) is 0 Å². The molecule has 0 spiro atoms. The van der Waals surface area contributed by atoms with Gasteiger partial charge in [-0.05, 0) is 47.5 Å². The molecule has 2 aromatic heterocycles. The van der Waals surface area contributed by atoms with Crippen LogP contribution in [0.1, 0.15) is 11.3 Å². The molecule has 0 bridgehead atoms. The number of aromatic nitrogens is 3. The summed E-state index contributed by atoms with van der Waals surface area (Å²) in [4.78, 5) is 4.40. The van der Waals surface area contributed by atoms with Gasteiger partial charge in [0.05, 0.1) is 5.69 Å². The Kier molecular flexibility index (Phi) is 3.35. The highest BCUT2D eigenvalue weighted by atomic mass is 79.9. The Balaban J connectivity index is 2.30. The number of aryl methyl sites for hydroxylation is 3. The number of halogens is 1. The number of rotatable bonds is 2. The van der Waals surface area contributed by atoms with Crippen molar-refractivity contribution >= 4 is 27.7 Å².